The molecule has 0 unspecified atom stereocenters. The molecule has 0 saturated carbocycles. The van der Waals surface area contributed by atoms with Crippen molar-refractivity contribution in [2.24, 2.45) is 5.92 Å². The molecule has 32 heavy (non-hydrogen) atoms. The Bertz CT molecular complexity index is 1130. The maximum Gasteiger partial charge on any atom is 0.410 e. The van der Waals surface area contributed by atoms with Crippen molar-refractivity contribution in [1.82, 2.24) is 14.9 Å². The van der Waals surface area contributed by atoms with Crippen molar-refractivity contribution in [3.8, 4) is 11.4 Å². The predicted molar refractivity (Wildman–Crippen MR) is 121 cm³/mol. The maximum atomic E-state index is 13.2. The van der Waals surface area contributed by atoms with Gasteiger partial charge in [0, 0.05) is 30.3 Å². The molecule has 1 aliphatic rings. The Morgan fingerprint density at radius 2 is 1.81 bits per heavy atom. The van der Waals surface area contributed by atoms with Gasteiger partial charge in [0.25, 0.3) is 0 Å². The highest BCUT2D eigenvalue weighted by molar-refractivity contribution is 5.95. The van der Waals surface area contributed by atoms with Gasteiger partial charge in [0.1, 0.15) is 17.2 Å². The van der Waals surface area contributed by atoms with Gasteiger partial charge in [0.15, 0.2) is 0 Å². The molecule has 1 fully saturated rings. The summed E-state index contributed by atoms with van der Waals surface area (Å²) in [6.07, 6.45) is 0.844. The van der Waals surface area contributed by atoms with Crippen molar-refractivity contribution in [2.75, 3.05) is 18.4 Å². The molecule has 1 aliphatic heterocycles. The van der Waals surface area contributed by atoms with Gasteiger partial charge in [-0.2, -0.15) is 0 Å². The lowest BCUT2D eigenvalue weighted by Crippen LogP contribution is -2.43. The number of hydrogen-bond donors (Lipinski definition) is 2. The minimum atomic E-state index is -0.535. The van der Waals surface area contributed by atoms with Crippen molar-refractivity contribution in [3.05, 3.63) is 48.3 Å². The quantitative estimate of drug-likeness (QED) is 0.605. The fourth-order valence-corrected chi connectivity index (χ4v) is 3.73. The van der Waals surface area contributed by atoms with Crippen LogP contribution in [0.5, 0.6) is 0 Å². The minimum absolute atomic E-state index is 0.0635. The molecule has 1 aromatic heterocycles. The molecule has 7 nitrogen and oxygen atoms in total. The molecule has 8 heteroatoms. The molecule has 2 heterocycles. The van der Waals surface area contributed by atoms with Crippen LogP contribution in [0, 0.1) is 11.7 Å². The SMILES string of the molecule is CC(C)(C)OC(=O)N1CCC(C(=O)Nc2ccc3nc(-c4ccc(F)cc4)[nH]c3c2)CC1. The molecule has 1 saturated heterocycles. The largest absolute Gasteiger partial charge is 0.444 e. The van der Waals surface area contributed by atoms with Gasteiger partial charge in [-0.1, -0.05) is 0 Å². The van der Waals surface area contributed by atoms with E-state index in [1.807, 2.05) is 39.0 Å². The van der Waals surface area contributed by atoms with Crippen LogP contribution in [0.2, 0.25) is 0 Å². The number of aromatic nitrogens is 2. The zero-order chi connectivity index (χ0) is 22.9. The second kappa shape index (κ2) is 8.61. The summed E-state index contributed by atoms with van der Waals surface area (Å²) in [6.45, 7) is 6.50. The number of fused-ring (bicyclic) bond motifs is 1. The van der Waals surface area contributed by atoms with Crippen molar-refractivity contribution in [3.63, 3.8) is 0 Å². The Morgan fingerprint density at radius 1 is 1.12 bits per heavy atom. The van der Waals surface area contributed by atoms with Crippen LogP contribution in [0.25, 0.3) is 22.4 Å². The molecule has 0 spiro atoms. The average molecular weight is 439 g/mol. The lowest BCUT2D eigenvalue weighted by atomic mass is 9.96. The van der Waals surface area contributed by atoms with Crippen molar-refractivity contribution >= 4 is 28.7 Å². The molecular formula is C24H27FN4O3. The number of rotatable bonds is 3. The van der Waals surface area contributed by atoms with Crippen LogP contribution in [0.3, 0.4) is 0 Å². The monoisotopic (exact) mass is 438 g/mol. The normalized spacial score (nSPS) is 15.1. The predicted octanol–water partition coefficient (Wildman–Crippen LogP) is 4.95. The van der Waals surface area contributed by atoms with Crippen LogP contribution in [0.1, 0.15) is 33.6 Å². The van der Waals surface area contributed by atoms with Crippen LogP contribution in [-0.2, 0) is 9.53 Å². The molecule has 2 N–H and O–H groups in total. The summed E-state index contributed by atoms with van der Waals surface area (Å²) in [4.78, 5) is 34.4. The first-order valence-corrected chi connectivity index (χ1v) is 10.7. The lowest BCUT2D eigenvalue weighted by molar-refractivity contribution is -0.121. The first-order valence-electron chi connectivity index (χ1n) is 10.7. The second-order valence-electron chi connectivity index (χ2n) is 9.06. The third-order valence-corrected chi connectivity index (χ3v) is 5.38. The fourth-order valence-electron chi connectivity index (χ4n) is 3.73. The molecule has 4 rings (SSSR count). The number of hydrogen-bond acceptors (Lipinski definition) is 4. The zero-order valence-electron chi connectivity index (χ0n) is 18.4. The number of carbonyl (C=O) groups excluding carboxylic acids is 2. The molecule has 2 amide bonds. The third-order valence-electron chi connectivity index (χ3n) is 5.38. The molecule has 0 bridgehead atoms. The van der Waals surface area contributed by atoms with E-state index in [1.165, 1.54) is 12.1 Å². The Morgan fingerprint density at radius 3 is 2.47 bits per heavy atom. The first-order chi connectivity index (χ1) is 15.2. The van der Waals surface area contributed by atoms with Crippen molar-refractivity contribution in [1.29, 1.82) is 0 Å². The molecule has 2 aromatic carbocycles. The van der Waals surface area contributed by atoms with Crippen LogP contribution in [0.4, 0.5) is 14.9 Å². The Hall–Kier alpha value is -3.42. The summed E-state index contributed by atoms with van der Waals surface area (Å²) >= 11 is 0. The van der Waals surface area contributed by atoms with Crippen LogP contribution in [-0.4, -0.2) is 45.6 Å². The minimum Gasteiger partial charge on any atom is -0.444 e. The summed E-state index contributed by atoms with van der Waals surface area (Å²) in [5, 5.41) is 2.97. The van der Waals surface area contributed by atoms with Crippen molar-refractivity contribution < 1.29 is 18.7 Å². The van der Waals surface area contributed by atoms with Gasteiger partial charge in [-0.15, -0.1) is 0 Å². The zero-order valence-corrected chi connectivity index (χ0v) is 18.4. The van der Waals surface area contributed by atoms with Crippen LogP contribution < -0.4 is 5.32 Å². The summed E-state index contributed by atoms with van der Waals surface area (Å²) in [6, 6.07) is 11.6. The number of piperidine rings is 1. The topological polar surface area (TPSA) is 87.3 Å². The van der Waals surface area contributed by atoms with Gasteiger partial charge in [0.2, 0.25) is 5.91 Å². The average Bonchev–Trinajstić information content (AvgIpc) is 3.16. The summed E-state index contributed by atoms with van der Waals surface area (Å²) in [7, 11) is 0. The maximum absolute atomic E-state index is 13.2. The van der Waals surface area contributed by atoms with E-state index in [0.717, 1.165) is 16.6 Å². The molecule has 0 atom stereocenters. The standard InChI is InChI=1S/C24H27FN4O3/c1-24(2,3)32-23(31)29-12-10-16(11-13-29)22(30)26-18-8-9-19-20(14-18)28-21(27-19)15-4-6-17(25)7-5-15/h4-9,14,16H,10-13H2,1-3H3,(H,26,30)(H,27,28). The summed E-state index contributed by atoms with van der Waals surface area (Å²) in [5.41, 5.74) is 2.46. The number of nitrogens with zero attached hydrogens (tertiary/aromatic N) is 2. The summed E-state index contributed by atoms with van der Waals surface area (Å²) < 4.78 is 18.6. The Labute approximate surface area is 186 Å². The second-order valence-corrected chi connectivity index (χ2v) is 9.06. The van der Waals surface area contributed by atoms with E-state index in [1.54, 1.807) is 17.0 Å². The van der Waals surface area contributed by atoms with Gasteiger partial charge < -0.3 is 19.9 Å². The van der Waals surface area contributed by atoms with E-state index < -0.39 is 5.60 Å². The highest BCUT2D eigenvalue weighted by Crippen LogP contribution is 2.25. The number of nitrogens with one attached hydrogen (secondary N) is 2. The van der Waals surface area contributed by atoms with Crippen LogP contribution in [0.15, 0.2) is 42.5 Å². The van der Waals surface area contributed by atoms with E-state index >= 15 is 0 Å². The molecule has 0 radical (unpaired) electrons. The van der Waals surface area contributed by atoms with Gasteiger partial charge in [-0.3, -0.25) is 4.79 Å². The lowest BCUT2D eigenvalue weighted by Gasteiger charge is -2.32. The van der Waals surface area contributed by atoms with Gasteiger partial charge in [-0.05, 0) is 76.1 Å². The number of H-pyrrole nitrogens is 1. The number of likely N-dealkylation sites (tertiary alicyclic amines) is 1. The van der Waals surface area contributed by atoms with Gasteiger partial charge >= 0.3 is 6.09 Å². The number of imidazole rings is 1. The number of amides is 2. The van der Waals surface area contributed by atoms with Crippen molar-refractivity contribution in [2.45, 2.75) is 39.2 Å². The highest BCUT2D eigenvalue weighted by Gasteiger charge is 2.30. The Balaban J connectivity index is 1.38. The highest BCUT2D eigenvalue weighted by atomic mass is 19.1. The number of halogens is 1. The van der Waals surface area contributed by atoms with Gasteiger partial charge in [0.05, 0.1) is 11.0 Å². The van der Waals surface area contributed by atoms with E-state index in [-0.39, 0.29) is 23.7 Å². The molecule has 168 valence electrons. The van der Waals surface area contributed by atoms with Crippen LogP contribution >= 0.6 is 0 Å². The summed E-state index contributed by atoms with van der Waals surface area (Å²) in [5.74, 6) is 0.108. The number of anilines is 1. The third kappa shape index (κ3) is 5.07. The number of aromatic amines is 1. The smallest absolute Gasteiger partial charge is 0.410 e. The van der Waals surface area contributed by atoms with E-state index in [9.17, 15) is 14.0 Å². The Kier molecular flexibility index (Phi) is 5.86. The molecule has 0 aliphatic carbocycles. The van der Waals surface area contributed by atoms with Gasteiger partial charge in [-0.25, -0.2) is 14.2 Å². The fraction of sp³-hybridized carbons (Fsp3) is 0.375. The number of ether oxygens (including phenoxy) is 1. The van der Waals surface area contributed by atoms with E-state index in [0.29, 0.717) is 37.4 Å². The van der Waals surface area contributed by atoms with E-state index in [2.05, 4.69) is 15.3 Å². The van der Waals surface area contributed by atoms with E-state index in [4.69, 9.17) is 4.74 Å². The molecule has 3 aromatic rings. The number of benzene rings is 2. The molecular weight excluding hydrogens is 411 g/mol. The number of carbonyl (C=O) groups is 2. The first kappa shape index (κ1) is 21.8.